The van der Waals surface area contributed by atoms with Crippen LogP contribution in [0.1, 0.15) is 21.5 Å². The van der Waals surface area contributed by atoms with E-state index in [1.165, 1.54) is 17.4 Å². The van der Waals surface area contributed by atoms with Crippen molar-refractivity contribution in [1.29, 1.82) is 0 Å². The average Bonchev–Trinajstić information content (AvgIpc) is 2.48. The first-order valence-corrected chi connectivity index (χ1v) is 5.47. The van der Waals surface area contributed by atoms with Crippen molar-refractivity contribution in [3.8, 4) is 0 Å². The fraction of sp³-hybridized carbons (Fsp3) is 0.500. The maximum Gasteiger partial charge on any atom is 0.405 e. The summed E-state index contributed by atoms with van der Waals surface area (Å²) in [6.45, 7) is 1.92. The highest BCUT2D eigenvalue weighted by atomic mass is 79.9. The van der Waals surface area contributed by atoms with Crippen LogP contribution < -0.4 is 0 Å². The first-order chi connectivity index (χ1) is 5.95. The number of alkyl halides is 4. The van der Waals surface area contributed by atoms with E-state index in [0.29, 0.717) is 4.88 Å². The lowest BCUT2D eigenvalue weighted by Gasteiger charge is -2.11. The number of hydrogen-bond donors (Lipinski definition) is 0. The minimum atomic E-state index is -4.20. The van der Waals surface area contributed by atoms with Crippen molar-refractivity contribution in [3.05, 3.63) is 21.9 Å². The quantitative estimate of drug-likeness (QED) is 0.704. The molecule has 0 nitrogen and oxygen atoms in total. The Kier molecular flexibility index (Phi) is 3.40. The summed E-state index contributed by atoms with van der Waals surface area (Å²) in [6, 6.07) is 3.26. The largest absolute Gasteiger partial charge is 0.405 e. The fourth-order valence-corrected chi connectivity index (χ4v) is 2.27. The van der Waals surface area contributed by atoms with E-state index in [1.807, 2.05) is 6.92 Å². The minimum absolute atomic E-state index is 0.323. The predicted molar refractivity (Wildman–Crippen MR) is 51.4 cm³/mol. The summed E-state index contributed by atoms with van der Waals surface area (Å²) in [5, 5.41) is 0. The first kappa shape index (κ1) is 11.0. The standard InChI is InChI=1S/C8H8BrF3S/c1-2-5-3-4-6(13-5)7(9)8(10,11)12/h3-4,7H,2H2,1H3. The van der Waals surface area contributed by atoms with Crippen LogP contribution in [0.2, 0.25) is 0 Å². The SMILES string of the molecule is CCc1ccc(C(Br)C(F)(F)F)s1. The predicted octanol–water partition coefficient (Wildman–Crippen LogP) is 4.31. The topological polar surface area (TPSA) is 0 Å². The summed E-state index contributed by atoms with van der Waals surface area (Å²) in [7, 11) is 0. The first-order valence-electron chi connectivity index (χ1n) is 3.74. The van der Waals surface area contributed by atoms with Crippen molar-refractivity contribution in [2.24, 2.45) is 0 Å². The summed E-state index contributed by atoms with van der Waals surface area (Å²) >= 11 is 3.84. The summed E-state index contributed by atoms with van der Waals surface area (Å²) < 4.78 is 36.6. The Morgan fingerprint density at radius 2 is 2.08 bits per heavy atom. The smallest absolute Gasteiger partial charge is 0.169 e. The van der Waals surface area contributed by atoms with E-state index in [4.69, 9.17) is 0 Å². The Bertz CT molecular complexity index is 279. The van der Waals surface area contributed by atoms with Gasteiger partial charge in [-0.1, -0.05) is 22.9 Å². The van der Waals surface area contributed by atoms with Crippen molar-refractivity contribution in [2.75, 3.05) is 0 Å². The van der Waals surface area contributed by atoms with Gasteiger partial charge in [0.05, 0.1) is 0 Å². The molecule has 0 aliphatic carbocycles. The molecule has 0 spiro atoms. The minimum Gasteiger partial charge on any atom is -0.169 e. The number of rotatable bonds is 2. The molecule has 0 radical (unpaired) electrons. The molecule has 0 saturated heterocycles. The molecular formula is C8H8BrF3S. The molecule has 0 bridgehead atoms. The molecule has 74 valence electrons. The van der Waals surface area contributed by atoms with Gasteiger partial charge in [0, 0.05) is 9.75 Å². The molecular weight excluding hydrogens is 265 g/mol. The monoisotopic (exact) mass is 272 g/mol. The van der Waals surface area contributed by atoms with Crippen LogP contribution in [0, 0.1) is 0 Å². The number of aryl methyl sites for hydroxylation is 1. The molecule has 0 aliphatic rings. The second-order valence-corrected chi connectivity index (χ2v) is 4.68. The van der Waals surface area contributed by atoms with E-state index in [-0.39, 0.29) is 0 Å². The van der Waals surface area contributed by atoms with Crippen LogP contribution in [0.4, 0.5) is 13.2 Å². The third-order valence-corrected chi connectivity index (χ3v) is 4.18. The third kappa shape index (κ3) is 2.71. The molecule has 1 atom stereocenters. The highest BCUT2D eigenvalue weighted by Crippen LogP contribution is 2.42. The molecule has 0 amide bonds. The van der Waals surface area contributed by atoms with E-state index < -0.39 is 11.0 Å². The Labute approximate surface area is 86.9 Å². The molecule has 0 N–H and O–H groups in total. The van der Waals surface area contributed by atoms with Gasteiger partial charge in [-0.2, -0.15) is 13.2 Å². The summed E-state index contributed by atoms with van der Waals surface area (Å²) in [5.74, 6) is 0. The van der Waals surface area contributed by atoms with E-state index in [9.17, 15) is 13.2 Å². The highest BCUT2D eigenvalue weighted by molar-refractivity contribution is 9.09. The van der Waals surface area contributed by atoms with Gasteiger partial charge in [0.15, 0.2) is 0 Å². The maximum atomic E-state index is 12.2. The van der Waals surface area contributed by atoms with Crippen LogP contribution in [0.15, 0.2) is 12.1 Å². The van der Waals surface area contributed by atoms with Crippen LogP contribution >= 0.6 is 27.3 Å². The van der Waals surface area contributed by atoms with Crippen LogP contribution in [0.25, 0.3) is 0 Å². The molecule has 1 aromatic heterocycles. The van der Waals surface area contributed by atoms with Gasteiger partial charge in [-0.25, -0.2) is 0 Å². The third-order valence-electron chi connectivity index (χ3n) is 1.57. The normalized spacial score (nSPS) is 14.5. The van der Waals surface area contributed by atoms with E-state index in [1.54, 1.807) is 6.07 Å². The zero-order valence-corrected chi connectivity index (χ0v) is 9.26. The van der Waals surface area contributed by atoms with Crippen molar-refractivity contribution < 1.29 is 13.2 Å². The fourth-order valence-electron chi connectivity index (χ4n) is 0.882. The van der Waals surface area contributed by atoms with Gasteiger partial charge < -0.3 is 0 Å². The maximum absolute atomic E-state index is 12.2. The van der Waals surface area contributed by atoms with Crippen molar-refractivity contribution in [2.45, 2.75) is 24.3 Å². The van der Waals surface area contributed by atoms with Gasteiger partial charge in [-0.3, -0.25) is 0 Å². The van der Waals surface area contributed by atoms with Crippen molar-refractivity contribution in [3.63, 3.8) is 0 Å². The van der Waals surface area contributed by atoms with Gasteiger partial charge in [0.1, 0.15) is 4.83 Å². The molecule has 0 saturated carbocycles. The van der Waals surface area contributed by atoms with E-state index >= 15 is 0 Å². The lowest BCUT2D eigenvalue weighted by molar-refractivity contribution is -0.127. The summed E-state index contributed by atoms with van der Waals surface area (Å²) in [5.41, 5.74) is 0. The van der Waals surface area contributed by atoms with Gasteiger partial charge in [0.2, 0.25) is 0 Å². The van der Waals surface area contributed by atoms with Gasteiger partial charge >= 0.3 is 6.18 Å². The van der Waals surface area contributed by atoms with Crippen LogP contribution in [0.5, 0.6) is 0 Å². The molecule has 0 fully saturated rings. The number of thiophene rings is 1. The summed E-state index contributed by atoms with van der Waals surface area (Å²) in [4.78, 5) is -0.224. The van der Waals surface area contributed by atoms with E-state index in [0.717, 1.165) is 11.3 Å². The Balaban J connectivity index is 2.83. The second kappa shape index (κ2) is 4.00. The van der Waals surface area contributed by atoms with Crippen molar-refractivity contribution >= 4 is 27.3 Å². The molecule has 0 aliphatic heterocycles. The average molecular weight is 273 g/mol. The van der Waals surface area contributed by atoms with Crippen LogP contribution in [-0.2, 0) is 6.42 Å². The molecule has 1 unspecified atom stereocenters. The number of halogens is 4. The Hall–Kier alpha value is -0.0300. The lowest BCUT2D eigenvalue weighted by Crippen LogP contribution is -2.13. The highest BCUT2D eigenvalue weighted by Gasteiger charge is 2.39. The van der Waals surface area contributed by atoms with Crippen LogP contribution in [0.3, 0.4) is 0 Å². The van der Waals surface area contributed by atoms with Gasteiger partial charge in [-0.05, 0) is 18.6 Å². The Morgan fingerprint density at radius 1 is 1.46 bits per heavy atom. The lowest BCUT2D eigenvalue weighted by atomic mass is 10.3. The Morgan fingerprint density at radius 3 is 2.46 bits per heavy atom. The van der Waals surface area contributed by atoms with Crippen LogP contribution in [-0.4, -0.2) is 6.18 Å². The van der Waals surface area contributed by atoms with Gasteiger partial charge in [0.25, 0.3) is 0 Å². The second-order valence-electron chi connectivity index (χ2n) is 2.56. The zero-order valence-electron chi connectivity index (χ0n) is 6.86. The molecule has 13 heavy (non-hydrogen) atoms. The zero-order chi connectivity index (χ0) is 10.1. The number of hydrogen-bond acceptors (Lipinski definition) is 1. The van der Waals surface area contributed by atoms with Crippen molar-refractivity contribution in [1.82, 2.24) is 0 Å². The summed E-state index contributed by atoms with van der Waals surface area (Å²) in [6.07, 6.45) is -3.42. The molecule has 1 rings (SSSR count). The molecule has 0 aromatic carbocycles. The van der Waals surface area contributed by atoms with Gasteiger partial charge in [-0.15, -0.1) is 11.3 Å². The van der Waals surface area contributed by atoms with E-state index in [2.05, 4.69) is 15.9 Å². The molecule has 1 heterocycles. The molecule has 1 aromatic rings. The molecule has 5 heteroatoms.